The first-order valence-electron chi connectivity index (χ1n) is 6.84. The van der Waals surface area contributed by atoms with Crippen LogP contribution in [-0.2, 0) is 0 Å². The van der Waals surface area contributed by atoms with Gasteiger partial charge < -0.3 is 4.98 Å². The third kappa shape index (κ3) is 1.76. The molecule has 2 aromatic carbocycles. The van der Waals surface area contributed by atoms with Gasteiger partial charge >= 0.3 is 0 Å². The van der Waals surface area contributed by atoms with E-state index in [0.717, 1.165) is 27.4 Å². The SMILES string of the molecule is O=[N+]([O-])c1ccccc1-c1cncc2c1[nH]c1ccccc12. The van der Waals surface area contributed by atoms with Gasteiger partial charge in [0.05, 0.1) is 16.0 Å². The van der Waals surface area contributed by atoms with Crippen molar-refractivity contribution >= 4 is 27.5 Å². The number of nitro benzene ring substituents is 1. The second-order valence-electron chi connectivity index (χ2n) is 5.05. The quantitative estimate of drug-likeness (QED) is 0.442. The Morgan fingerprint density at radius 3 is 2.55 bits per heavy atom. The van der Waals surface area contributed by atoms with Crippen LogP contribution in [0.3, 0.4) is 0 Å². The summed E-state index contributed by atoms with van der Waals surface area (Å²) in [7, 11) is 0. The Kier molecular flexibility index (Phi) is 2.66. The van der Waals surface area contributed by atoms with Gasteiger partial charge in [0.2, 0.25) is 0 Å². The Bertz CT molecular complexity index is 1020. The van der Waals surface area contributed by atoms with E-state index in [0.29, 0.717) is 5.56 Å². The number of benzene rings is 2. The van der Waals surface area contributed by atoms with Gasteiger partial charge in [-0.05, 0) is 12.1 Å². The molecule has 4 aromatic rings. The summed E-state index contributed by atoms with van der Waals surface area (Å²) in [6.45, 7) is 0. The Morgan fingerprint density at radius 1 is 0.909 bits per heavy atom. The van der Waals surface area contributed by atoms with Crippen LogP contribution in [-0.4, -0.2) is 14.9 Å². The topological polar surface area (TPSA) is 71.8 Å². The number of nitro groups is 1. The van der Waals surface area contributed by atoms with Crippen LogP contribution in [0, 0.1) is 10.1 Å². The van der Waals surface area contributed by atoms with Gasteiger partial charge in [0.1, 0.15) is 0 Å². The van der Waals surface area contributed by atoms with Crippen molar-refractivity contribution in [3.05, 3.63) is 71.0 Å². The van der Waals surface area contributed by atoms with Gasteiger partial charge in [0.15, 0.2) is 0 Å². The molecule has 0 amide bonds. The molecule has 0 aliphatic carbocycles. The fourth-order valence-electron chi connectivity index (χ4n) is 2.83. The molecule has 106 valence electrons. The van der Waals surface area contributed by atoms with E-state index in [1.165, 1.54) is 6.07 Å². The first-order chi connectivity index (χ1) is 10.8. The molecule has 4 rings (SSSR count). The third-order valence-electron chi connectivity index (χ3n) is 3.81. The van der Waals surface area contributed by atoms with Crippen LogP contribution < -0.4 is 0 Å². The van der Waals surface area contributed by atoms with Crippen LogP contribution in [0.1, 0.15) is 0 Å². The van der Waals surface area contributed by atoms with Gasteiger partial charge in [0.25, 0.3) is 5.69 Å². The van der Waals surface area contributed by atoms with Crippen molar-refractivity contribution in [1.82, 2.24) is 9.97 Å². The summed E-state index contributed by atoms with van der Waals surface area (Å²) in [6, 6.07) is 14.6. The highest BCUT2D eigenvalue weighted by atomic mass is 16.6. The summed E-state index contributed by atoms with van der Waals surface area (Å²) >= 11 is 0. The number of hydrogen-bond acceptors (Lipinski definition) is 3. The highest BCUT2D eigenvalue weighted by molar-refractivity contribution is 6.11. The molecule has 0 unspecified atom stereocenters. The molecule has 5 heteroatoms. The Balaban J connectivity index is 2.10. The second kappa shape index (κ2) is 4.66. The Hall–Kier alpha value is -3.21. The maximum Gasteiger partial charge on any atom is 0.277 e. The molecular formula is C17H11N3O2. The average Bonchev–Trinajstić information content (AvgIpc) is 2.93. The van der Waals surface area contributed by atoms with Crippen molar-refractivity contribution in [1.29, 1.82) is 0 Å². The monoisotopic (exact) mass is 289 g/mol. The minimum Gasteiger partial charge on any atom is -0.354 e. The normalized spacial score (nSPS) is 11.1. The number of rotatable bonds is 2. The van der Waals surface area contributed by atoms with Crippen LogP contribution in [0.4, 0.5) is 5.69 Å². The van der Waals surface area contributed by atoms with Crippen LogP contribution in [0.2, 0.25) is 0 Å². The van der Waals surface area contributed by atoms with Crippen molar-refractivity contribution in [3.63, 3.8) is 0 Å². The molecule has 0 aliphatic rings. The molecule has 0 saturated carbocycles. The predicted octanol–water partition coefficient (Wildman–Crippen LogP) is 4.29. The van der Waals surface area contributed by atoms with Crippen LogP contribution in [0.25, 0.3) is 32.9 Å². The molecule has 0 saturated heterocycles. The van der Waals surface area contributed by atoms with E-state index >= 15 is 0 Å². The highest BCUT2D eigenvalue weighted by Gasteiger charge is 2.18. The standard InChI is InChI=1S/C17H11N3O2/c21-20(22)16-8-4-2-6-12(16)14-10-18-9-13-11-5-1-3-7-15(11)19-17(13)14/h1-10,19H. The lowest BCUT2D eigenvalue weighted by molar-refractivity contribution is -0.384. The molecule has 22 heavy (non-hydrogen) atoms. The van der Waals surface area contributed by atoms with E-state index < -0.39 is 0 Å². The van der Waals surface area contributed by atoms with E-state index in [-0.39, 0.29) is 10.6 Å². The first-order valence-corrected chi connectivity index (χ1v) is 6.84. The smallest absolute Gasteiger partial charge is 0.277 e. The van der Waals surface area contributed by atoms with Crippen LogP contribution in [0.5, 0.6) is 0 Å². The molecule has 1 N–H and O–H groups in total. The number of aromatic amines is 1. The molecule has 0 bridgehead atoms. The fourth-order valence-corrected chi connectivity index (χ4v) is 2.83. The lowest BCUT2D eigenvalue weighted by Crippen LogP contribution is -1.92. The van der Waals surface area contributed by atoms with Gasteiger partial charge in [-0.25, -0.2) is 0 Å². The number of pyridine rings is 1. The summed E-state index contributed by atoms with van der Waals surface area (Å²) in [5.74, 6) is 0. The summed E-state index contributed by atoms with van der Waals surface area (Å²) in [5.41, 5.74) is 3.24. The molecule has 5 nitrogen and oxygen atoms in total. The molecule has 0 atom stereocenters. The lowest BCUT2D eigenvalue weighted by atomic mass is 10.0. The zero-order valence-electron chi connectivity index (χ0n) is 11.5. The van der Waals surface area contributed by atoms with E-state index in [2.05, 4.69) is 9.97 Å². The van der Waals surface area contributed by atoms with E-state index in [4.69, 9.17) is 0 Å². The van der Waals surface area contributed by atoms with Crippen molar-refractivity contribution in [2.24, 2.45) is 0 Å². The van der Waals surface area contributed by atoms with Crippen molar-refractivity contribution in [3.8, 4) is 11.1 Å². The molecule has 0 fully saturated rings. The summed E-state index contributed by atoms with van der Waals surface area (Å²) in [4.78, 5) is 18.5. The zero-order valence-corrected chi connectivity index (χ0v) is 11.5. The lowest BCUT2D eigenvalue weighted by Gasteiger charge is -2.04. The Labute approximate surface area is 125 Å². The van der Waals surface area contributed by atoms with E-state index in [1.54, 1.807) is 30.6 Å². The van der Waals surface area contributed by atoms with Gasteiger partial charge in [-0.2, -0.15) is 0 Å². The number of hydrogen-bond donors (Lipinski definition) is 1. The molecular weight excluding hydrogens is 278 g/mol. The van der Waals surface area contributed by atoms with Gasteiger partial charge in [-0.15, -0.1) is 0 Å². The largest absolute Gasteiger partial charge is 0.354 e. The summed E-state index contributed by atoms with van der Waals surface area (Å²) < 4.78 is 0. The number of para-hydroxylation sites is 2. The number of aromatic nitrogens is 2. The summed E-state index contributed by atoms with van der Waals surface area (Å²) in [5, 5.41) is 13.3. The van der Waals surface area contributed by atoms with Gasteiger partial charge in [-0.1, -0.05) is 30.3 Å². The first kappa shape index (κ1) is 12.5. The summed E-state index contributed by atoms with van der Waals surface area (Å²) in [6.07, 6.45) is 3.45. The molecule has 2 heterocycles. The maximum atomic E-state index is 11.3. The van der Waals surface area contributed by atoms with Gasteiger partial charge in [-0.3, -0.25) is 15.1 Å². The fraction of sp³-hybridized carbons (Fsp3) is 0. The highest BCUT2D eigenvalue weighted by Crippen LogP contribution is 2.36. The van der Waals surface area contributed by atoms with E-state index in [9.17, 15) is 10.1 Å². The minimum absolute atomic E-state index is 0.0791. The second-order valence-corrected chi connectivity index (χ2v) is 5.05. The van der Waals surface area contributed by atoms with Crippen molar-refractivity contribution < 1.29 is 4.92 Å². The van der Waals surface area contributed by atoms with E-state index in [1.807, 2.05) is 24.3 Å². The zero-order chi connectivity index (χ0) is 15.1. The molecule has 0 radical (unpaired) electrons. The maximum absolute atomic E-state index is 11.3. The third-order valence-corrected chi connectivity index (χ3v) is 3.81. The average molecular weight is 289 g/mol. The number of fused-ring (bicyclic) bond motifs is 3. The van der Waals surface area contributed by atoms with Gasteiger partial charge in [0, 0.05) is 40.3 Å². The van der Waals surface area contributed by atoms with Crippen LogP contribution in [0.15, 0.2) is 60.9 Å². The van der Waals surface area contributed by atoms with Crippen LogP contribution >= 0.6 is 0 Å². The molecule has 0 aliphatic heterocycles. The predicted molar refractivity (Wildman–Crippen MR) is 85.7 cm³/mol. The molecule has 0 spiro atoms. The number of H-pyrrole nitrogens is 1. The van der Waals surface area contributed by atoms with Crippen molar-refractivity contribution in [2.75, 3.05) is 0 Å². The van der Waals surface area contributed by atoms with Crippen molar-refractivity contribution in [2.45, 2.75) is 0 Å². The minimum atomic E-state index is -0.364. The number of nitrogens with one attached hydrogen (secondary N) is 1. The molecule has 2 aromatic heterocycles. The number of nitrogens with zero attached hydrogens (tertiary/aromatic N) is 2. The Morgan fingerprint density at radius 2 is 1.68 bits per heavy atom.